The number of nitrogens with zero attached hydrogens (tertiary/aromatic N) is 2. The van der Waals surface area contributed by atoms with Crippen molar-refractivity contribution in [2.75, 3.05) is 5.32 Å². The summed E-state index contributed by atoms with van der Waals surface area (Å²) in [6, 6.07) is 7.61. The molecule has 0 aliphatic carbocycles. The molecule has 0 spiro atoms. The molecule has 0 saturated carbocycles. The van der Waals surface area contributed by atoms with Crippen molar-refractivity contribution in [1.29, 1.82) is 0 Å². The summed E-state index contributed by atoms with van der Waals surface area (Å²) < 4.78 is 5.63. The van der Waals surface area contributed by atoms with E-state index in [-0.39, 0.29) is 5.91 Å². The average molecular weight is 305 g/mol. The van der Waals surface area contributed by atoms with Crippen molar-refractivity contribution < 1.29 is 9.53 Å². The van der Waals surface area contributed by atoms with Crippen LogP contribution in [-0.4, -0.2) is 22.2 Å². The fraction of sp³-hybridized carbons (Fsp3) is 0.400. The molecule has 0 bridgehead atoms. The fourth-order valence-electron chi connectivity index (χ4n) is 1.77. The van der Waals surface area contributed by atoms with Crippen molar-refractivity contribution in [3.63, 3.8) is 0 Å². The second-order valence-electron chi connectivity index (χ2n) is 4.82. The van der Waals surface area contributed by atoms with Crippen molar-refractivity contribution in [3.8, 4) is 5.75 Å². The van der Waals surface area contributed by atoms with E-state index in [1.165, 1.54) is 11.3 Å². The van der Waals surface area contributed by atoms with Crippen molar-refractivity contribution in [1.82, 2.24) is 10.2 Å². The van der Waals surface area contributed by atoms with Crippen molar-refractivity contribution in [2.45, 2.75) is 39.7 Å². The molecule has 0 fully saturated rings. The summed E-state index contributed by atoms with van der Waals surface area (Å²) in [5.41, 5.74) is 1.09. The minimum Gasteiger partial charge on any atom is -0.481 e. The zero-order valence-corrected chi connectivity index (χ0v) is 13.2. The number of rotatable bonds is 6. The van der Waals surface area contributed by atoms with Crippen LogP contribution in [0.1, 0.15) is 30.8 Å². The molecule has 1 N–H and O–H groups in total. The number of carbonyl (C=O) groups is 1. The van der Waals surface area contributed by atoms with Crippen LogP contribution in [0.4, 0.5) is 5.13 Å². The Labute approximate surface area is 128 Å². The van der Waals surface area contributed by atoms with Crippen LogP contribution in [0, 0.1) is 6.92 Å². The quantitative estimate of drug-likeness (QED) is 0.890. The van der Waals surface area contributed by atoms with Gasteiger partial charge >= 0.3 is 0 Å². The standard InChI is InChI=1S/C15H19N3O2S/c1-4-6-13-17-18-15(21-13)16-14(19)11(3)20-12-8-5-7-10(2)9-12/h5,7-9,11H,4,6H2,1-3H3,(H,16,18,19). The third kappa shape index (κ3) is 4.53. The predicted octanol–water partition coefficient (Wildman–Crippen LogP) is 3.21. The van der Waals surface area contributed by atoms with Gasteiger partial charge in [-0.2, -0.15) is 0 Å². The fourth-order valence-corrected chi connectivity index (χ4v) is 2.62. The van der Waals surface area contributed by atoms with E-state index in [0.717, 1.165) is 23.4 Å². The number of hydrogen-bond donors (Lipinski definition) is 1. The lowest BCUT2D eigenvalue weighted by Crippen LogP contribution is -2.30. The molecule has 5 nitrogen and oxygen atoms in total. The lowest BCUT2D eigenvalue weighted by Gasteiger charge is -2.13. The number of carbonyl (C=O) groups excluding carboxylic acids is 1. The van der Waals surface area contributed by atoms with E-state index in [1.54, 1.807) is 6.92 Å². The molecule has 0 aliphatic rings. The Bertz CT molecular complexity index is 612. The Morgan fingerprint density at radius 3 is 2.95 bits per heavy atom. The molecule has 2 aromatic rings. The molecular weight excluding hydrogens is 286 g/mol. The Hall–Kier alpha value is -1.95. The number of anilines is 1. The molecule has 6 heteroatoms. The van der Waals surface area contributed by atoms with Gasteiger partial charge in [-0.05, 0) is 38.0 Å². The van der Waals surface area contributed by atoms with E-state index < -0.39 is 6.10 Å². The number of amides is 1. The first kappa shape index (κ1) is 15.4. The summed E-state index contributed by atoms with van der Waals surface area (Å²) >= 11 is 1.40. The van der Waals surface area contributed by atoms with Gasteiger partial charge in [0.1, 0.15) is 10.8 Å². The lowest BCUT2D eigenvalue weighted by atomic mass is 10.2. The van der Waals surface area contributed by atoms with Gasteiger partial charge in [0, 0.05) is 6.42 Å². The topological polar surface area (TPSA) is 64.1 Å². The van der Waals surface area contributed by atoms with E-state index in [2.05, 4.69) is 22.4 Å². The number of ether oxygens (including phenoxy) is 1. The molecule has 1 aromatic carbocycles. The molecular formula is C15H19N3O2S. The Balaban J connectivity index is 1.92. The van der Waals surface area contributed by atoms with Crippen LogP contribution in [0.2, 0.25) is 0 Å². The molecule has 1 aromatic heterocycles. The van der Waals surface area contributed by atoms with E-state index in [4.69, 9.17) is 4.74 Å². The van der Waals surface area contributed by atoms with Crippen molar-refractivity contribution >= 4 is 22.4 Å². The molecule has 1 heterocycles. The summed E-state index contributed by atoms with van der Waals surface area (Å²) in [5, 5.41) is 12.2. The molecule has 1 unspecified atom stereocenters. The molecule has 0 aliphatic heterocycles. The van der Waals surface area contributed by atoms with Crippen LogP contribution in [0.3, 0.4) is 0 Å². The SMILES string of the molecule is CCCc1nnc(NC(=O)C(C)Oc2cccc(C)c2)s1. The van der Waals surface area contributed by atoms with Gasteiger partial charge in [0.2, 0.25) is 5.13 Å². The van der Waals surface area contributed by atoms with Gasteiger partial charge in [-0.15, -0.1) is 10.2 Å². The lowest BCUT2D eigenvalue weighted by molar-refractivity contribution is -0.122. The van der Waals surface area contributed by atoms with Gasteiger partial charge in [0.15, 0.2) is 6.10 Å². The third-order valence-corrected chi connectivity index (χ3v) is 3.73. The highest BCUT2D eigenvalue weighted by atomic mass is 32.1. The second kappa shape index (κ2) is 7.17. The van der Waals surface area contributed by atoms with E-state index in [9.17, 15) is 4.79 Å². The normalized spacial score (nSPS) is 12.0. The number of aromatic nitrogens is 2. The van der Waals surface area contributed by atoms with Gasteiger partial charge in [0.05, 0.1) is 0 Å². The van der Waals surface area contributed by atoms with Crippen LogP contribution in [-0.2, 0) is 11.2 Å². The van der Waals surface area contributed by atoms with Crippen LogP contribution in [0.15, 0.2) is 24.3 Å². The highest BCUT2D eigenvalue weighted by Gasteiger charge is 2.16. The molecule has 21 heavy (non-hydrogen) atoms. The summed E-state index contributed by atoms with van der Waals surface area (Å²) in [6.07, 6.45) is 1.29. The maximum absolute atomic E-state index is 12.1. The van der Waals surface area contributed by atoms with Crippen LogP contribution >= 0.6 is 11.3 Å². The largest absolute Gasteiger partial charge is 0.481 e. The smallest absolute Gasteiger partial charge is 0.266 e. The monoisotopic (exact) mass is 305 g/mol. The first-order valence-electron chi connectivity index (χ1n) is 6.95. The summed E-state index contributed by atoms with van der Waals surface area (Å²) in [6.45, 7) is 5.77. The molecule has 112 valence electrons. The van der Waals surface area contributed by atoms with Gasteiger partial charge in [-0.25, -0.2) is 0 Å². The van der Waals surface area contributed by atoms with Crippen molar-refractivity contribution in [3.05, 3.63) is 34.8 Å². The second-order valence-corrected chi connectivity index (χ2v) is 5.88. The van der Waals surface area contributed by atoms with Gasteiger partial charge in [-0.3, -0.25) is 10.1 Å². The number of benzene rings is 1. The van der Waals surface area contributed by atoms with E-state index in [1.807, 2.05) is 31.2 Å². The number of nitrogens with one attached hydrogen (secondary N) is 1. The highest BCUT2D eigenvalue weighted by Crippen LogP contribution is 2.18. The minimum atomic E-state index is -0.592. The highest BCUT2D eigenvalue weighted by molar-refractivity contribution is 7.15. The predicted molar refractivity (Wildman–Crippen MR) is 83.8 cm³/mol. The summed E-state index contributed by atoms with van der Waals surface area (Å²) in [4.78, 5) is 12.1. The Kier molecular flexibility index (Phi) is 5.27. The average Bonchev–Trinajstić information content (AvgIpc) is 2.86. The molecule has 2 rings (SSSR count). The van der Waals surface area contributed by atoms with Crippen LogP contribution < -0.4 is 10.1 Å². The van der Waals surface area contributed by atoms with Gasteiger partial charge in [0.25, 0.3) is 5.91 Å². The third-order valence-electron chi connectivity index (χ3n) is 2.83. The van der Waals surface area contributed by atoms with Crippen LogP contribution in [0.25, 0.3) is 0 Å². The zero-order valence-electron chi connectivity index (χ0n) is 12.4. The first-order chi connectivity index (χ1) is 10.1. The molecule has 0 saturated heterocycles. The number of hydrogen-bond acceptors (Lipinski definition) is 5. The molecule has 1 amide bonds. The maximum Gasteiger partial charge on any atom is 0.266 e. The Morgan fingerprint density at radius 2 is 2.24 bits per heavy atom. The van der Waals surface area contributed by atoms with Crippen molar-refractivity contribution in [2.24, 2.45) is 0 Å². The maximum atomic E-state index is 12.1. The zero-order chi connectivity index (χ0) is 15.2. The molecule has 0 radical (unpaired) electrons. The minimum absolute atomic E-state index is 0.226. The summed E-state index contributed by atoms with van der Waals surface area (Å²) in [7, 11) is 0. The van der Waals surface area contributed by atoms with E-state index >= 15 is 0 Å². The van der Waals surface area contributed by atoms with Gasteiger partial charge in [-0.1, -0.05) is 30.4 Å². The first-order valence-corrected chi connectivity index (χ1v) is 7.76. The molecule has 1 atom stereocenters. The number of aryl methyl sites for hydroxylation is 2. The van der Waals surface area contributed by atoms with Gasteiger partial charge < -0.3 is 4.74 Å². The Morgan fingerprint density at radius 1 is 1.43 bits per heavy atom. The summed E-state index contributed by atoms with van der Waals surface area (Å²) in [5.74, 6) is 0.456. The van der Waals surface area contributed by atoms with E-state index in [0.29, 0.717) is 10.9 Å². The van der Waals surface area contributed by atoms with Crippen LogP contribution in [0.5, 0.6) is 5.75 Å².